The predicted molar refractivity (Wildman–Crippen MR) is 70.5 cm³/mol. The third-order valence-corrected chi connectivity index (χ3v) is 2.55. The van der Waals surface area contributed by atoms with Crippen LogP contribution in [-0.2, 0) is 6.42 Å². The summed E-state index contributed by atoms with van der Waals surface area (Å²) in [5.74, 6) is 0.799. The summed E-state index contributed by atoms with van der Waals surface area (Å²) < 4.78 is 5.49. The van der Waals surface area contributed by atoms with Gasteiger partial charge in [-0.05, 0) is 51.9 Å². The zero-order chi connectivity index (χ0) is 12.9. The SMILES string of the molecule is CNC(C)Cc1ccc(OCC(C)(C)O)cc1. The average molecular weight is 237 g/mol. The van der Waals surface area contributed by atoms with Gasteiger partial charge in [0, 0.05) is 6.04 Å². The number of rotatable bonds is 6. The maximum absolute atomic E-state index is 9.55. The van der Waals surface area contributed by atoms with Crippen LogP contribution >= 0.6 is 0 Å². The summed E-state index contributed by atoms with van der Waals surface area (Å²) in [5.41, 5.74) is 0.488. The monoisotopic (exact) mass is 237 g/mol. The van der Waals surface area contributed by atoms with Gasteiger partial charge in [-0.1, -0.05) is 12.1 Å². The first-order chi connectivity index (χ1) is 7.90. The lowest BCUT2D eigenvalue weighted by atomic mass is 10.1. The van der Waals surface area contributed by atoms with E-state index >= 15 is 0 Å². The van der Waals surface area contributed by atoms with Crippen LogP contribution in [0.4, 0.5) is 0 Å². The molecule has 0 aromatic heterocycles. The lowest BCUT2D eigenvalue weighted by Gasteiger charge is -2.18. The van der Waals surface area contributed by atoms with Crippen molar-refractivity contribution in [2.75, 3.05) is 13.7 Å². The largest absolute Gasteiger partial charge is 0.491 e. The molecule has 0 aliphatic carbocycles. The molecule has 17 heavy (non-hydrogen) atoms. The number of benzene rings is 1. The Balaban J connectivity index is 2.50. The maximum Gasteiger partial charge on any atom is 0.119 e. The van der Waals surface area contributed by atoms with E-state index in [0.29, 0.717) is 12.6 Å². The molecule has 3 nitrogen and oxygen atoms in total. The normalized spacial score (nSPS) is 13.5. The Morgan fingerprint density at radius 2 is 1.88 bits per heavy atom. The van der Waals surface area contributed by atoms with Gasteiger partial charge in [0.2, 0.25) is 0 Å². The first-order valence-corrected chi connectivity index (χ1v) is 6.02. The lowest BCUT2D eigenvalue weighted by Crippen LogP contribution is -2.27. The molecule has 0 spiro atoms. The second-order valence-electron chi connectivity index (χ2n) is 5.14. The topological polar surface area (TPSA) is 41.5 Å². The Morgan fingerprint density at radius 1 is 1.29 bits per heavy atom. The van der Waals surface area contributed by atoms with Crippen molar-refractivity contribution in [1.29, 1.82) is 0 Å². The van der Waals surface area contributed by atoms with Gasteiger partial charge in [-0.15, -0.1) is 0 Å². The van der Waals surface area contributed by atoms with Crippen molar-refractivity contribution < 1.29 is 9.84 Å². The van der Waals surface area contributed by atoms with E-state index < -0.39 is 5.60 Å². The van der Waals surface area contributed by atoms with E-state index in [-0.39, 0.29) is 0 Å². The van der Waals surface area contributed by atoms with Gasteiger partial charge in [0.1, 0.15) is 12.4 Å². The molecule has 2 N–H and O–H groups in total. The van der Waals surface area contributed by atoms with Crippen LogP contribution in [0, 0.1) is 0 Å². The molecule has 0 aliphatic heterocycles. The van der Waals surface area contributed by atoms with Crippen molar-refractivity contribution in [3.63, 3.8) is 0 Å². The van der Waals surface area contributed by atoms with Crippen LogP contribution in [0.3, 0.4) is 0 Å². The molecular formula is C14H23NO2. The molecule has 1 aromatic carbocycles. The molecule has 1 aromatic rings. The van der Waals surface area contributed by atoms with E-state index in [0.717, 1.165) is 12.2 Å². The van der Waals surface area contributed by atoms with Crippen molar-refractivity contribution in [2.24, 2.45) is 0 Å². The minimum absolute atomic E-state index is 0.305. The van der Waals surface area contributed by atoms with Gasteiger partial charge >= 0.3 is 0 Å². The molecule has 3 heteroatoms. The molecule has 0 amide bonds. The summed E-state index contributed by atoms with van der Waals surface area (Å²) in [6, 6.07) is 8.49. The molecule has 1 rings (SSSR count). The molecule has 0 fully saturated rings. The fourth-order valence-electron chi connectivity index (χ4n) is 1.44. The molecule has 0 bridgehead atoms. The molecule has 96 valence electrons. The smallest absolute Gasteiger partial charge is 0.119 e. The van der Waals surface area contributed by atoms with Crippen LogP contribution in [0.2, 0.25) is 0 Å². The zero-order valence-corrected chi connectivity index (χ0v) is 11.2. The quantitative estimate of drug-likeness (QED) is 0.795. The average Bonchev–Trinajstić information content (AvgIpc) is 2.27. The van der Waals surface area contributed by atoms with Crippen molar-refractivity contribution in [1.82, 2.24) is 5.32 Å². The molecule has 0 heterocycles. The first kappa shape index (κ1) is 14.0. The highest BCUT2D eigenvalue weighted by molar-refractivity contribution is 5.27. The number of ether oxygens (including phenoxy) is 1. The highest BCUT2D eigenvalue weighted by Gasteiger charge is 2.13. The van der Waals surface area contributed by atoms with Gasteiger partial charge in [-0.3, -0.25) is 0 Å². The standard InChI is InChI=1S/C14H23NO2/c1-11(15-4)9-12-5-7-13(8-6-12)17-10-14(2,3)16/h5-8,11,15-16H,9-10H2,1-4H3. The summed E-state index contributed by atoms with van der Waals surface area (Å²) in [6.45, 7) is 5.92. The van der Waals surface area contributed by atoms with Gasteiger partial charge in [-0.25, -0.2) is 0 Å². The van der Waals surface area contributed by atoms with E-state index in [4.69, 9.17) is 4.74 Å². The molecule has 0 radical (unpaired) electrons. The Kier molecular flexibility index (Phi) is 4.97. The van der Waals surface area contributed by atoms with E-state index in [9.17, 15) is 5.11 Å². The second-order valence-corrected chi connectivity index (χ2v) is 5.14. The summed E-state index contributed by atoms with van der Waals surface area (Å²) >= 11 is 0. The third kappa shape index (κ3) is 5.71. The fraction of sp³-hybridized carbons (Fsp3) is 0.571. The second kappa shape index (κ2) is 6.03. The van der Waals surface area contributed by atoms with Crippen LogP contribution in [0.5, 0.6) is 5.75 Å². The van der Waals surface area contributed by atoms with Gasteiger partial charge in [0.15, 0.2) is 0 Å². The number of aliphatic hydroxyl groups is 1. The van der Waals surface area contributed by atoms with E-state index in [1.54, 1.807) is 13.8 Å². The summed E-state index contributed by atoms with van der Waals surface area (Å²) in [7, 11) is 1.96. The molecule has 1 unspecified atom stereocenters. The molecular weight excluding hydrogens is 214 g/mol. The summed E-state index contributed by atoms with van der Waals surface area (Å²) in [6.07, 6.45) is 1.00. The van der Waals surface area contributed by atoms with Gasteiger partial charge in [0.05, 0.1) is 5.60 Å². The molecule has 0 aliphatic rings. The Labute approximate surface area is 104 Å². The minimum atomic E-state index is -0.792. The number of hydrogen-bond donors (Lipinski definition) is 2. The number of nitrogens with one attached hydrogen (secondary N) is 1. The van der Waals surface area contributed by atoms with Crippen LogP contribution in [0.1, 0.15) is 26.3 Å². The van der Waals surface area contributed by atoms with Crippen molar-refractivity contribution in [3.05, 3.63) is 29.8 Å². The summed E-state index contributed by atoms with van der Waals surface area (Å²) in [4.78, 5) is 0. The van der Waals surface area contributed by atoms with Gasteiger partial charge < -0.3 is 15.2 Å². The molecule has 1 atom stereocenters. The molecule has 0 saturated carbocycles. The fourth-order valence-corrected chi connectivity index (χ4v) is 1.44. The highest BCUT2D eigenvalue weighted by Crippen LogP contribution is 2.15. The van der Waals surface area contributed by atoms with E-state index in [1.807, 2.05) is 19.2 Å². The Bertz CT molecular complexity index is 327. The Hall–Kier alpha value is -1.06. The Morgan fingerprint density at radius 3 is 2.35 bits per heavy atom. The van der Waals surface area contributed by atoms with Crippen LogP contribution < -0.4 is 10.1 Å². The summed E-state index contributed by atoms with van der Waals surface area (Å²) in [5, 5.41) is 12.8. The third-order valence-electron chi connectivity index (χ3n) is 2.55. The molecule has 0 saturated heterocycles. The van der Waals surface area contributed by atoms with Crippen LogP contribution in [-0.4, -0.2) is 30.4 Å². The van der Waals surface area contributed by atoms with Crippen LogP contribution in [0.15, 0.2) is 24.3 Å². The predicted octanol–water partition coefficient (Wildman–Crippen LogP) is 1.99. The van der Waals surface area contributed by atoms with E-state index in [1.165, 1.54) is 5.56 Å². The first-order valence-electron chi connectivity index (χ1n) is 6.02. The van der Waals surface area contributed by atoms with Crippen LogP contribution in [0.25, 0.3) is 0 Å². The van der Waals surface area contributed by atoms with Gasteiger partial charge in [-0.2, -0.15) is 0 Å². The minimum Gasteiger partial charge on any atom is -0.491 e. The number of likely N-dealkylation sites (N-methyl/N-ethyl adjacent to an activating group) is 1. The van der Waals surface area contributed by atoms with Gasteiger partial charge in [0.25, 0.3) is 0 Å². The zero-order valence-electron chi connectivity index (χ0n) is 11.2. The maximum atomic E-state index is 9.55. The van der Waals surface area contributed by atoms with Crippen molar-refractivity contribution in [2.45, 2.75) is 38.8 Å². The van der Waals surface area contributed by atoms with E-state index in [2.05, 4.69) is 24.4 Å². The lowest BCUT2D eigenvalue weighted by molar-refractivity contribution is 0.0285. The van der Waals surface area contributed by atoms with Crippen molar-refractivity contribution >= 4 is 0 Å². The number of hydrogen-bond acceptors (Lipinski definition) is 3. The van der Waals surface area contributed by atoms with Crippen molar-refractivity contribution in [3.8, 4) is 5.75 Å². The highest BCUT2D eigenvalue weighted by atomic mass is 16.5.